The number of anilines is 1. The summed E-state index contributed by atoms with van der Waals surface area (Å²) in [7, 11) is 0. The van der Waals surface area contributed by atoms with Gasteiger partial charge in [-0.3, -0.25) is 0 Å². The number of hydrogen-bond acceptors (Lipinski definition) is 4. The number of pyridine rings is 1. The summed E-state index contributed by atoms with van der Waals surface area (Å²) < 4.78 is 0. The maximum Gasteiger partial charge on any atom is 0.126 e. The lowest BCUT2D eigenvalue weighted by molar-refractivity contribution is 0.854. The highest BCUT2D eigenvalue weighted by molar-refractivity contribution is 7.09. The van der Waals surface area contributed by atoms with Gasteiger partial charge in [-0.25, -0.2) is 9.97 Å². The van der Waals surface area contributed by atoms with Crippen molar-refractivity contribution >= 4 is 17.2 Å². The lowest BCUT2D eigenvalue weighted by Crippen LogP contribution is -2.07. The number of aryl methyl sites for hydroxylation is 2. The van der Waals surface area contributed by atoms with Gasteiger partial charge in [0.2, 0.25) is 0 Å². The molecular formula is C12H15N3S. The maximum atomic E-state index is 4.46. The molecule has 1 unspecified atom stereocenters. The summed E-state index contributed by atoms with van der Waals surface area (Å²) in [6, 6.07) is 6.17. The van der Waals surface area contributed by atoms with Crippen LogP contribution in [0.1, 0.15) is 29.4 Å². The van der Waals surface area contributed by atoms with Crippen molar-refractivity contribution in [2.75, 3.05) is 5.32 Å². The Morgan fingerprint density at radius 3 is 2.62 bits per heavy atom. The van der Waals surface area contributed by atoms with E-state index in [0.29, 0.717) is 0 Å². The second-order valence-electron chi connectivity index (χ2n) is 3.86. The molecule has 0 saturated carbocycles. The molecule has 3 nitrogen and oxygen atoms in total. The zero-order valence-electron chi connectivity index (χ0n) is 9.69. The molecule has 0 aliphatic rings. The second-order valence-corrected chi connectivity index (χ2v) is 4.75. The Morgan fingerprint density at radius 2 is 2.00 bits per heavy atom. The first-order valence-electron chi connectivity index (χ1n) is 5.27. The molecule has 0 fully saturated rings. The van der Waals surface area contributed by atoms with Crippen LogP contribution in [-0.4, -0.2) is 9.97 Å². The van der Waals surface area contributed by atoms with Crippen molar-refractivity contribution < 1.29 is 0 Å². The fourth-order valence-corrected chi connectivity index (χ4v) is 2.28. The first-order valence-corrected chi connectivity index (χ1v) is 6.15. The molecule has 0 saturated heterocycles. The van der Waals surface area contributed by atoms with Gasteiger partial charge in [-0.15, -0.1) is 11.3 Å². The zero-order chi connectivity index (χ0) is 11.5. The molecular weight excluding hydrogens is 218 g/mol. The SMILES string of the molecule is Cc1cccc(NC(C)c2nc(C)cs2)n1. The van der Waals surface area contributed by atoms with E-state index in [1.54, 1.807) is 11.3 Å². The third-order valence-electron chi connectivity index (χ3n) is 2.26. The van der Waals surface area contributed by atoms with Crippen molar-refractivity contribution in [2.24, 2.45) is 0 Å². The number of rotatable bonds is 3. The minimum atomic E-state index is 0.202. The first-order chi connectivity index (χ1) is 7.65. The fraction of sp³-hybridized carbons (Fsp3) is 0.333. The molecule has 2 aromatic rings. The van der Waals surface area contributed by atoms with E-state index in [2.05, 4.69) is 27.6 Å². The third-order valence-corrected chi connectivity index (χ3v) is 3.41. The van der Waals surface area contributed by atoms with Gasteiger partial charge in [0, 0.05) is 16.8 Å². The van der Waals surface area contributed by atoms with Gasteiger partial charge < -0.3 is 5.32 Å². The summed E-state index contributed by atoms with van der Waals surface area (Å²) in [6.45, 7) is 6.10. The van der Waals surface area contributed by atoms with Gasteiger partial charge in [-0.2, -0.15) is 0 Å². The van der Waals surface area contributed by atoms with Crippen molar-refractivity contribution in [1.82, 2.24) is 9.97 Å². The van der Waals surface area contributed by atoms with Crippen molar-refractivity contribution in [2.45, 2.75) is 26.8 Å². The van der Waals surface area contributed by atoms with Crippen LogP contribution in [0.5, 0.6) is 0 Å². The maximum absolute atomic E-state index is 4.46. The quantitative estimate of drug-likeness (QED) is 0.883. The molecule has 0 radical (unpaired) electrons. The smallest absolute Gasteiger partial charge is 0.126 e. The van der Waals surface area contributed by atoms with Crippen LogP contribution in [0.15, 0.2) is 23.6 Å². The molecule has 0 aliphatic heterocycles. The summed E-state index contributed by atoms with van der Waals surface area (Å²) in [5.41, 5.74) is 2.10. The van der Waals surface area contributed by atoms with Gasteiger partial charge in [0.1, 0.15) is 10.8 Å². The largest absolute Gasteiger partial charge is 0.361 e. The fourth-order valence-electron chi connectivity index (χ4n) is 1.48. The minimum Gasteiger partial charge on any atom is -0.361 e. The van der Waals surface area contributed by atoms with Gasteiger partial charge in [0.15, 0.2) is 0 Å². The van der Waals surface area contributed by atoms with E-state index in [1.165, 1.54) is 0 Å². The van der Waals surface area contributed by atoms with E-state index in [-0.39, 0.29) is 6.04 Å². The Hall–Kier alpha value is -1.42. The van der Waals surface area contributed by atoms with Crippen LogP contribution >= 0.6 is 11.3 Å². The van der Waals surface area contributed by atoms with Gasteiger partial charge >= 0.3 is 0 Å². The zero-order valence-corrected chi connectivity index (χ0v) is 10.5. The number of hydrogen-bond donors (Lipinski definition) is 1. The molecule has 0 aromatic carbocycles. The average molecular weight is 233 g/mol. The Morgan fingerprint density at radius 1 is 1.19 bits per heavy atom. The molecule has 1 N–H and O–H groups in total. The van der Waals surface area contributed by atoms with Crippen molar-refractivity contribution in [3.8, 4) is 0 Å². The summed E-state index contributed by atoms with van der Waals surface area (Å²) in [5.74, 6) is 0.903. The molecule has 2 aromatic heterocycles. The van der Waals surface area contributed by atoms with Crippen LogP contribution in [0, 0.1) is 13.8 Å². The normalized spacial score (nSPS) is 12.4. The van der Waals surface area contributed by atoms with E-state index in [9.17, 15) is 0 Å². The van der Waals surface area contributed by atoms with Crippen molar-refractivity contribution in [3.05, 3.63) is 40.0 Å². The molecule has 2 heterocycles. The van der Waals surface area contributed by atoms with Crippen LogP contribution in [0.2, 0.25) is 0 Å². The molecule has 2 rings (SSSR count). The van der Waals surface area contributed by atoms with E-state index < -0.39 is 0 Å². The highest BCUT2D eigenvalue weighted by atomic mass is 32.1. The van der Waals surface area contributed by atoms with E-state index in [0.717, 1.165) is 22.2 Å². The standard InChI is InChI=1S/C12H15N3S/c1-8-5-4-6-11(13-8)15-10(3)12-14-9(2)7-16-12/h4-7,10H,1-3H3,(H,13,15). The van der Waals surface area contributed by atoms with Crippen LogP contribution in [0.4, 0.5) is 5.82 Å². The third kappa shape index (κ3) is 2.58. The van der Waals surface area contributed by atoms with Crippen LogP contribution in [-0.2, 0) is 0 Å². The lowest BCUT2D eigenvalue weighted by Gasteiger charge is -2.11. The molecule has 0 spiro atoms. The number of thiazole rings is 1. The highest BCUT2D eigenvalue weighted by Gasteiger charge is 2.09. The van der Waals surface area contributed by atoms with Crippen molar-refractivity contribution in [1.29, 1.82) is 0 Å². The molecule has 4 heteroatoms. The summed E-state index contributed by atoms with van der Waals surface area (Å²) >= 11 is 1.68. The lowest BCUT2D eigenvalue weighted by atomic mass is 10.3. The summed E-state index contributed by atoms with van der Waals surface area (Å²) in [4.78, 5) is 8.87. The van der Waals surface area contributed by atoms with Gasteiger partial charge in [0.05, 0.1) is 6.04 Å². The van der Waals surface area contributed by atoms with E-state index in [4.69, 9.17) is 0 Å². The number of aromatic nitrogens is 2. The second kappa shape index (κ2) is 4.61. The monoisotopic (exact) mass is 233 g/mol. The highest BCUT2D eigenvalue weighted by Crippen LogP contribution is 2.21. The van der Waals surface area contributed by atoms with Crippen molar-refractivity contribution in [3.63, 3.8) is 0 Å². The average Bonchev–Trinajstić information content (AvgIpc) is 2.65. The van der Waals surface area contributed by atoms with E-state index >= 15 is 0 Å². The Kier molecular flexibility index (Phi) is 3.19. The molecule has 0 aliphatic carbocycles. The summed E-state index contributed by atoms with van der Waals surface area (Å²) in [6.07, 6.45) is 0. The molecule has 0 bridgehead atoms. The molecule has 16 heavy (non-hydrogen) atoms. The predicted molar refractivity (Wildman–Crippen MR) is 67.9 cm³/mol. The van der Waals surface area contributed by atoms with Gasteiger partial charge in [0.25, 0.3) is 0 Å². The molecule has 84 valence electrons. The number of nitrogens with one attached hydrogen (secondary N) is 1. The Bertz CT molecular complexity index is 479. The molecule has 1 atom stereocenters. The van der Waals surface area contributed by atoms with Crippen LogP contribution in [0.3, 0.4) is 0 Å². The van der Waals surface area contributed by atoms with Crippen LogP contribution in [0.25, 0.3) is 0 Å². The van der Waals surface area contributed by atoms with Gasteiger partial charge in [-0.1, -0.05) is 6.07 Å². The predicted octanol–water partition coefficient (Wildman–Crippen LogP) is 3.33. The van der Waals surface area contributed by atoms with Gasteiger partial charge in [-0.05, 0) is 32.9 Å². The first kappa shape index (κ1) is 11.1. The molecule has 0 amide bonds. The Balaban J connectivity index is 2.10. The topological polar surface area (TPSA) is 37.8 Å². The Labute approximate surface area is 99.6 Å². The summed E-state index contributed by atoms with van der Waals surface area (Å²) in [5, 5.41) is 6.51. The minimum absolute atomic E-state index is 0.202. The number of nitrogens with zero attached hydrogens (tertiary/aromatic N) is 2. The van der Waals surface area contributed by atoms with E-state index in [1.807, 2.05) is 32.0 Å². The van der Waals surface area contributed by atoms with Crippen LogP contribution < -0.4 is 5.32 Å².